The van der Waals surface area contributed by atoms with Gasteiger partial charge in [0, 0.05) is 55.7 Å². The van der Waals surface area contributed by atoms with Gasteiger partial charge in [-0.3, -0.25) is 14.0 Å². The molecule has 0 unspecified atom stereocenters. The average Bonchev–Trinajstić information content (AvgIpc) is 3.38. The third-order valence-electron chi connectivity index (χ3n) is 7.41. The summed E-state index contributed by atoms with van der Waals surface area (Å²) in [5, 5.41) is 13.0. The number of imidazole rings is 1. The Morgan fingerprint density at radius 3 is 2.73 bits per heavy atom. The third-order valence-corrected chi connectivity index (χ3v) is 7.41. The molecule has 2 aliphatic rings. The second kappa shape index (κ2) is 9.61. The Labute approximate surface area is 216 Å². The normalized spacial score (nSPS) is 19.6. The van der Waals surface area contributed by atoms with Gasteiger partial charge < -0.3 is 10.1 Å². The number of aromatic nitrogens is 3. The molecule has 0 bridgehead atoms. The van der Waals surface area contributed by atoms with Crippen LogP contribution in [0.25, 0.3) is 5.82 Å². The van der Waals surface area contributed by atoms with E-state index in [1.807, 2.05) is 43.7 Å². The van der Waals surface area contributed by atoms with Crippen LogP contribution in [0, 0.1) is 25.2 Å². The number of fused-ring (bicyclic) bond motifs is 1. The van der Waals surface area contributed by atoms with Gasteiger partial charge in [0.2, 0.25) is 0 Å². The molecule has 2 atom stereocenters. The number of carbonyl (C=O) groups excluding carboxylic acids is 1. The van der Waals surface area contributed by atoms with Gasteiger partial charge in [-0.1, -0.05) is 6.07 Å². The standard InChI is InChI=1S/C28H32N6O3/c1-16(2)34-21(13-33(28(34)36)26-8-17(3)20(9-29)10-30-26)12-32-11-18(4)31-25(14-32)22-6-7-23-24(19(22)5)15-37-27(23)35/h6-8,10,13,16,18,25,31H,11-12,14-15H2,1-5H3/t18-,25-/m0/s1. The Morgan fingerprint density at radius 2 is 2.03 bits per heavy atom. The number of piperazine rings is 1. The monoisotopic (exact) mass is 500 g/mol. The van der Waals surface area contributed by atoms with Crippen LogP contribution in [0.4, 0.5) is 0 Å². The van der Waals surface area contributed by atoms with Crippen molar-refractivity contribution in [1.82, 2.24) is 24.3 Å². The number of hydrogen-bond donors (Lipinski definition) is 1. The van der Waals surface area contributed by atoms with E-state index in [1.54, 1.807) is 10.6 Å². The summed E-state index contributed by atoms with van der Waals surface area (Å²) in [4.78, 5) is 32.2. The van der Waals surface area contributed by atoms with Gasteiger partial charge in [-0.15, -0.1) is 0 Å². The minimum Gasteiger partial charge on any atom is -0.457 e. The van der Waals surface area contributed by atoms with Crippen molar-refractivity contribution in [2.45, 2.75) is 65.9 Å². The summed E-state index contributed by atoms with van der Waals surface area (Å²) in [6, 6.07) is 8.14. The molecular formula is C28H32N6O3. The fourth-order valence-electron chi connectivity index (χ4n) is 5.59. The number of esters is 1. The topological polar surface area (TPSA) is 105 Å². The Balaban J connectivity index is 1.45. The van der Waals surface area contributed by atoms with E-state index < -0.39 is 0 Å². The molecule has 0 saturated carbocycles. The summed E-state index contributed by atoms with van der Waals surface area (Å²) >= 11 is 0. The lowest BCUT2D eigenvalue weighted by Crippen LogP contribution is -2.51. The molecule has 0 aliphatic carbocycles. The molecule has 0 radical (unpaired) electrons. The molecule has 5 rings (SSSR count). The van der Waals surface area contributed by atoms with Crippen LogP contribution in [0.3, 0.4) is 0 Å². The molecule has 9 heteroatoms. The van der Waals surface area contributed by atoms with Gasteiger partial charge in [0.1, 0.15) is 18.5 Å². The number of aryl methyl sites for hydroxylation is 1. The average molecular weight is 501 g/mol. The molecule has 37 heavy (non-hydrogen) atoms. The van der Waals surface area contributed by atoms with E-state index in [4.69, 9.17) is 4.74 Å². The summed E-state index contributed by atoms with van der Waals surface area (Å²) in [7, 11) is 0. The van der Waals surface area contributed by atoms with Crippen LogP contribution in [0.5, 0.6) is 0 Å². The molecule has 3 aromatic rings. The van der Waals surface area contributed by atoms with E-state index in [9.17, 15) is 14.9 Å². The number of carbonyl (C=O) groups is 1. The van der Waals surface area contributed by atoms with Crippen molar-refractivity contribution in [3.8, 4) is 11.9 Å². The smallest absolute Gasteiger partial charge is 0.338 e. The molecule has 1 N–H and O–H groups in total. The third kappa shape index (κ3) is 4.47. The lowest BCUT2D eigenvalue weighted by Gasteiger charge is -2.38. The van der Waals surface area contributed by atoms with Gasteiger partial charge in [0.05, 0.1) is 16.8 Å². The fourth-order valence-corrected chi connectivity index (χ4v) is 5.59. The van der Waals surface area contributed by atoms with Crippen molar-refractivity contribution >= 4 is 5.97 Å². The van der Waals surface area contributed by atoms with Crippen molar-refractivity contribution in [3.05, 3.63) is 80.2 Å². The van der Waals surface area contributed by atoms with E-state index >= 15 is 0 Å². The quantitative estimate of drug-likeness (QED) is 0.536. The first-order chi connectivity index (χ1) is 17.7. The molecular weight excluding hydrogens is 468 g/mol. The van der Waals surface area contributed by atoms with Crippen LogP contribution >= 0.6 is 0 Å². The number of ether oxygens (including phenoxy) is 1. The van der Waals surface area contributed by atoms with Crippen molar-refractivity contribution in [2.75, 3.05) is 13.1 Å². The maximum absolute atomic E-state index is 13.4. The lowest BCUT2D eigenvalue weighted by atomic mass is 9.92. The van der Waals surface area contributed by atoms with E-state index in [1.165, 1.54) is 11.8 Å². The Bertz CT molecular complexity index is 1480. The summed E-state index contributed by atoms with van der Waals surface area (Å²) < 4.78 is 8.65. The van der Waals surface area contributed by atoms with Gasteiger partial charge in [-0.25, -0.2) is 14.6 Å². The largest absolute Gasteiger partial charge is 0.457 e. The molecule has 1 fully saturated rings. The van der Waals surface area contributed by atoms with Gasteiger partial charge in [-0.05, 0) is 63.4 Å². The number of benzene rings is 1. The Kier molecular flexibility index (Phi) is 6.48. The highest BCUT2D eigenvalue weighted by Crippen LogP contribution is 2.31. The Hall–Kier alpha value is -3.74. The molecule has 192 valence electrons. The first-order valence-corrected chi connectivity index (χ1v) is 12.7. The first-order valence-electron chi connectivity index (χ1n) is 12.7. The highest BCUT2D eigenvalue weighted by atomic mass is 16.5. The van der Waals surface area contributed by atoms with Crippen LogP contribution in [-0.2, 0) is 17.9 Å². The molecule has 2 aromatic heterocycles. The Morgan fingerprint density at radius 1 is 1.24 bits per heavy atom. The zero-order valence-electron chi connectivity index (χ0n) is 21.9. The van der Waals surface area contributed by atoms with Crippen LogP contribution in [0.2, 0.25) is 0 Å². The van der Waals surface area contributed by atoms with Crippen molar-refractivity contribution < 1.29 is 9.53 Å². The molecule has 0 amide bonds. The van der Waals surface area contributed by atoms with Crippen LogP contribution in [-0.4, -0.2) is 44.1 Å². The molecule has 4 heterocycles. The maximum Gasteiger partial charge on any atom is 0.338 e. The van der Waals surface area contributed by atoms with Crippen molar-refractivity contribution in [2.24, 2.45) is 0 Å². The van der Waals surface area contributed by atoms with Crippen molar-refractivity contribution in [3.63, 3.8) is 0 Å². The van der Waals surface area contributed by atoms with Gasteiger partial charge in [0.25, 0.3) is 0 Å². The highest BCUT2D eigenvalue weighted by molar-refractivity contribution is 5.94. The number of cyclic esters (lactones) is 1. The summed E-state index contributed by atoms with van der Waals surface area (Å²) in [6.45, 7) is 12.6. The molecule has 1 aromatic carbocycles. The molecule has 9 nitrogen and oxygen atoms in total. The highest BCUT2D eigenvalue weighted by Gasteiger charge is 2.31. The van der Waals surface area contributed by atoms with Crippen LogP contribution in [0.1, 0.15) is 76.7 Å². The number of nitrogens with one attached hydrogen (secondary N) is 1. The van der Waals surface area contributed by atoms with Crippen LogP contribution < -0.4 is 11.0 Å². The predicted molar refractivity (Wildman–Crippen MR) is 139 cm³/mol. The van der Waals surface area contributed by atoms with Gasteiger partial charge in [-0.2, -0.15) is 5.26 Å². The minimum absolute atomic E-state index is 0.0177. The van der Waals surface area contributed by atoms with Gasteiger partial charge >= 0.3 is 11.7 Å². The molecule has 0 spiro atoms. The second-order valence-corrected chi connectivity index (χ2v) is 10.4. The van der Waals surface area contributed by atoms with E-state index in [0.29, 0.717) is 30.1 Å². The van der Waals surface area contributed by atoms with E-state index in [-0.39, 0.29) is 29.8 Å². The van der Waals surface area contributed by atoms with E-state index in [0.717, 1.165) is 35.5 Å². The zero-order valence-corrected chi connectivity index (χ0v) is 21.9. The second-order valence-electron chi connectivity index (χ2n) is 10.4. The summed E-state index contributed by atoms with van der Waals surface area (Å²) in [5.74, 6) is 0.263. The number of pyridine rings is 1. The fraction of sp³-hybridized carbons (Fsp3) is 0.429. The molecule has 1 saturated heterocycles. The summed E-state index contributed by atoms with van der Waals surface area (Å²) in [6.07, 6.45) is 3.39. The van der Waals surface area contributed by atoms with Crippen LogP contribution in [0.15, 0.2) is 35.4 Å². The summed E-state index contributed by atoms with van der Waals surface area (Å²) in [5.41, 5.74) is 5.97. The lowest BCUT2D eigenvalue weighted by molar-refractivity contribution is 0.0535. The number of rotatable bonds is 5. The SMILES string of the molecule is Cc1cc(-n2cc(CN3C[C@@H](c4ccc5c(c4C)COC5=O)N[C@@H](C)C3)n(C(C)C)c2=O)ncc1C#N. The minimum atomic E-state index is -0.251. The zero-order chi connectivity index (χ0) is 26.4. The number of nitriles is 1. The van der Waals surface area contributed by atoms with Gasteiger partial charge in [0.15, 0.2) is 0 Å². The van der Waals surface area contributed by atoms with E-state index in [2.05, 4.69) is 35.1 Å². The first kappa shape index (κ1) is 24.9. The maximum atomic E-state index is 13.4. The number of nitrogens with zero attached hydrogens (tertiary/aromatic N) is 5. The number of hydrogen-bond acceptors (Lipinski definition) is 7. The van der Waals surface area contributed by atoms with Crippen molar-refractivity contribution in [1.29, 1.82) is 5.26 Å². The predicted octanol–water partition coefficient (Wildman–Crippen LogP) is 3.31. The molecule has 2 aliphatic heterocycles.